The van der Waals surface area contributed by atoms with Crippen molar-refractivity contribution in [3.8, 4) is 0 Å². The molecule has 7 heteroatoms. The first-order valence-electron chi connectivity index (χ1n) is 7.97. The van der Waals surface area contributed by atoms with Crippen molar-refractivity contribution < 1.29 is 9.59 Å². The Labute approximate surface area is 134 Å². The molecule has 120 valence electrons. The molecule has 0 saturated carbocycles. The van der Waals surface area contributed by atoms with Crippen molar-refractivity contribution in [2.24, 2.45) is 0 Å². The van der Waals surface area contributed by atoms with E-state index in [0.29, 0.717) is 11.7 Å². The van der Waals surface area contributed by atoms with E-state index in [2.05, 4.69) is 15.6 Å². The number of likely N-dealkylation sites (tertiary alicyclic amines) is 1. The van der Waals surface area contributed by atoms with Gasteiger partial charge in [0.2, 0.25) is 5.91 Å². The molecule has 1 atom stereocenters. The number of likely N-dealkylation sites (N-methyl/N-ethyl adjacent to an activating group) is 1. The summed E-state index contributed by atoms with van der Waals surface area (Å²) in [6.45, 7) is 0.620. The van der Waals surface area contributed by atoms with E-state index in [1.54, 1.807) is 23.3 Å². The van der Waals surface area contributed by atoms with Crippen LogP contribution in [0.2, 0.25) is 0 Å². The van der Waals surface area contributed by atoms with Crippen LogP contribution in [0.1, 0.15) is 42.7 Å². The Balaban J connectivity index is 1.68. The van der Waals surface area contributed by atoms with Gasteiger partial charge >= 0.3 is 6.03 Å². The number of hydrogen-bond acceptors (Lipinski definition) is 4. The van der Waals surface area contributed by atoms with Crippen LogP contribution in [-0.4, -0.2) is 41.5 Å². The molecule has 0 aromatic carbocycles. The molecule has 3 amide bonds. The number of amides is 3. The van der Waals surface area contributed by atoms with Gasteiger partial charge in [-0.3, -0.25) is 10.1 Å². The van der Waals surface area contributed by atoms with E-state index in [1.807, 2.05) is 0 Å². The number of hydrogen-bond donors (Lipinski definition) is 2. The van der Waals surface area contributed by atoms with Gasteiger partial charge in [0.1, 0.15) is 6.04 Å². The Hall–Kier alpha value is -1.63. The van der Waals surface area contributed by atoms with Crippen molar-refractivity contribution in [3.63, 3.8) is 0 Å². The van der Waals surface area contributed by atoms with E-state index in [0.717, 1.165) is 31.4 Å². The molecule has 3 rings (SSSR count). The number of carbonyl (C=O) groups is 2. The average molecular weight is 322 g/mol. The standard InChI is InChI=1S/C15H22N4O2S/c1-16-13(20)11-7-5-9-19(11)15(21)18-14-17-10-6-3-2-4-8-12(10)22-14/h11H,2-9H2,1H3,(H,16,20)(H,17,18,21). The van der Waals surface area contributed by atoms with Crippen LogP contribution in [-0.2, 0) is 17.6 Å². The smallest absolute Gasteiger partial charge is 0.324 e. The second-order valence-electron chi connectivity index (χ2n) is 5.85. The Morgan fingerprint density at radius 1 is 1.23 bits per heavy atom. The molecule has 2 heterocycles. The molecule has 1 fully saturated rings. The number of thiazole rings is 1. The zero-order valence-corrected chi connectivity index (χ0v) is 13.7. The fourth-order valence-electron chi connectivity index (χ4n) is 3.19. The number of carbonyl (C=O) groups excluding carboxylic acids is 2. The lowest BCUT2D eigenvalue weighted by Crippen LogP contribution is -2.46. The highest BCUT2D eigenvalue weighted by atomic mass is 32.1. The molecule has 1 aromatic heterocycles. The highest BCUT2D eigenvalue weighted by Crippen LogP contribution is 2.29. The minimum Gasteiger partial charge on any atom is -0.357 e. The fourth-order valence-corrected chi connectivity index (χ4v) is 4.23. The van der Waals surface area contributed by atoms with Gasteiger partial charge in [-0.1, -0.05) is 6.42 Å². The monoisotopic (exact) mass is 322 g/mol. The minimum absolute atomic E-state index is 0.0948. The van der Waals surface area contributed by atoms with E-state index in [4.69, 9.17) is 0 Å². The Morgan fingerprint density at radius 2 is 2.05 bits per heavy atom. The van der Waals surface area contributed by atoms with Crippen LogP contribution in [0.25, 0.3) is 0 Å². The topological polar surface area (TPSA) is 74.3 Å². The van der Waals surface area contributed by atoms with E-state index in [-0.39, 0.29) is 18.0 Å². The van der Waals surface area contributed by atoms with Crippen molar-refractivity contribution >= 4 is 28.4 Å². The molecule has 0 bridgehead atoms. The maximum atomic E-state index is 12.4. The van der Waals surface area contributed by atoms with Crippen molar-refractivity contribution in [3.05, 3.63) is 10.6 Å². The van der Waals surface area contributed by atoms with Gasteiger partial charge in [0, 0.05) is 18.5 Å². The summed E-state index contributed by atoms with van der Waals surface area (Å²) in [5.41, 5.74) is 1.14. The lowest BCUT2D eigenvalue weighted by atomic mass is 10.2. The second kappa shape index (κ2) is 6.64. The van der Waals surface area contributed by atoms with Crippen LogP contribution in [0.15, 0.2) is 0 Å². The first kappa shape index (κ1) is 15.3. The van der Waals surface area contributed by atoms with E-state index < -0.39 is 0 Å². The summed E-state index contributed by atoms with van der Waals surface area (Å²) in [4.78, 5) is 31.8. The van der Waals surface area contributed by atoms with Crippen molar-refractivity contribution in [2.75, 3.05) is 18.9 Å². The summed E-state index contributed by atoms with van der Waals surface area (Å²) in [6.07, 6.45) is 7.29. The third-order valence-corrected chi connectivity index (χ3v) is 5.45. The van der Waals surface area contributed by atoms with Gasteiger partial charge < -0.3 is 10.2 Å². The molecule has 0 radical (unpaired) electrons. The average Bonchev–Trinajstić information content (AvgIpc) is 3.09. The molecule has 2 N–H and O–H groups in total. The van der Waals surface area contributed by atoms with Crippen molar-refractivity contribution in [1.29, 1.82) is 0 Å². The molecule has 2 aliphatic rings. The summed E-state index contributed by atoms with van der Waals surface area (Å²) in [6, 6.07) is -0.571. The summed E-state index contributed by atoms with van der Waals surface area (Å²) in [5.74, 6) is -0.0948. The van der Waals surface area contributed by atoms with Crippen LogP contribution in [0, 0.1) is 0 Å². The molecule has 1 aliphatic heterocycles. The quantitative estimate of drug-likeness (QED) is 0.819. The lowest BCUT2D eigenvalue weighted by Gasteiger charge is -2.22. The lowest BCUT2D eigenvalue weighted by molar-refractivity contribution is -0.124. The molecule has 1 aromatic rings. The Kier molecular flexibility index (Phi) is 4.61. The number of urea groups is 1. The predicted molar refractivity (Wildman–Crippen MR) is 86.2 cm³/mol. The van der Waals surface area contributed by atoms with Gasteiger partial charge in [-0.05, 0) is 38.5 Å². The summed E-state index contributed by atoms with van der Waals surface area (Å²) < 4.78 is 0. The van der Waals surface area contributed by atoms with Crippen LogP contribution in [0.4, 0.5) is 9.93 Å². The van der Waals surface area contributed by atoms with E-state index >= 15 is 0 Å². The fraction of sp³-hybridized carbons (Fsp3) is 0.667. The molecular formula is C15H22N4O2S. The van der Waals surface area contributed by atoms with Gasteiger partial charge in [0.15, 0.2) is 5.13 Å². The summed E-state index contributed by atoms with van der Waals surface area (Å²) >= 11 is 1.58. The highest BCUT2D eigenvalue weighted by Gasteiger charge is 2.34. The number of nitrogens with one attached hydrogen (secondary N) is 2. The molecule has 1 aliphatic carbocycles. The summed E-state index contributed by atoms with van der Waals surface area (Å²) in [7, 11) is 1.61. The highest BCUT2D eigenvalue weighted by molar-refractivity contribution is 7.15. The zero-order valence-electron chi connectivity index (χ0n) is 12.9. The third-order valence-electron chi connectivity index (χ3n) is 4.37. The van der Waals surface area contributed by atoms with E-state index in [9.17, 15) is 9.59 Å². The SMILES string of the molecule is CNC(=O)C1CCCN1C(=O)Nc1nc2c(s1)CCCCC2. The summed E-state index contributed by atoms with van der Waals surface area (Å²) in [5, 5.41) is 6.18. The molecular weight excluding hydrogens is 300 g/mol. The number of rotatable bonds is 2. The number of aryl methyl sites for hydroxylation is 2. The zero-order chi connectivity index (χ0) is 15.5. The predicted octanol–water partition coefficient (Wildman–Crippen LogP) is 2.15. The number of aromatic nitrogens is 1. The maximum absolute atomic E-state index is 12.4. The molecule has 22 heavy (non-hydrogen) atoms. The number of nitrogens with zero attached hydrogens (tertiary/aromatic N) is 2. The molecule has 0 spiro atoms. The Bertz CT molecular complexity index is 548. The first-order chi connectivity index (χ1) is 10.7. The van der Waals surface area contributed by atoms with E-state index in [1.165, 1.54) is 24.1 Å². The molecule has 1 unspecified atom stereocenters. The van der Waals surface area contributed by atoms with Crippen molar-refractivity contribution in [2.45, 2.75) is 51.0 Å². The van der Waals surface area contributed by atoms with Crippen molar-refractivity contribution in [1.82, 2.24) is 15.2 Å². The Morgan fingerprint density at radius 3 is 2.86 bits per heavy atom. The minimum atomic E-state index is -0.359. The van der Waals surface area contributed by atoms with Crippen LogP contribution >= 0.6 is 11.3 Å². The van der Waals surface area contributed by atoms with Crippen LogP contribution in [0.5, 0.6) is 0 Å². The first-order valence-corrected chi connectivity index (χ1v) is 8.78. The van der Waals surface area contributed by atoms with Gasteiger partial charge in [0.25, 0.3) is 0 Å². The molecule has 1 saturated heterocycles. The van der Waals surface area contributed by atoms with Gasteiger partial charge in [0.05, 0.1) is 5.69 Å². The normalized spacial score (nSPS) is 21.1. The maximum Gasteiger partial charge on any atom is 0.324 e. The van der Waals surface area contributed by atoms with Gasteiger partial charge in [-0.15, -0.1) is 11.3 Å². The van der Waals surface area contributed by atoms with Gasteiger partial charge in [-0.25, -0.2) is 9.78 Å². The second-order valence-corrected chi connectivity index (χ2v) is 6.93. The largest absolute Gasteiger partial charge is 0.357 e. The number of anilines is 1. The third kappa shape index (κ3) is 3.09. The van der Waals surface area contributed by atoms with Crippen LogP contribution < -0.4 is 10.6 Å². The van der Waals surface area contributed by atoms with Crippen LogP contribution in [0.3, 0.4) is 0 Å². The van der Waals surface area contributed by atoms with Gasteiger partial charge in [-0.2, -0.15) is 0 Å². The molecule has 6 nitrogen and oxygen atoms in total. The number of fused-ring (bicyclic) bond motifs is 1.